The molecule has 0 bridgehead atoms. The van der Waals surface area contributed by atoms with E-state index in [1.165, 1.54) is 31.7 Å². The summed E-state index contributed by atoms with van der Waals surface area (Å²) in [5.74, 6) is 1.57. The lowest BCUT2D eigenvalue weighted by atomic mass is 9.97. The van der Waals surface area contributed by atoms with E-state index in [1.807, 2.05) is 24.3 Å². The summed E-state index contributed by atoms with van der Waals surface area (Å²) >= 11 is 1.58. The topological polar surface area (TPSA) is 74.5 Å². The molecule has 1 saturated carbocycles. The summed E-state index contributed by atoms with van der Waals surface area (Å²) in [6.07, 6.45) is 6.66. The third-order valence-corrected chi connectivity index (χ3v) is 6.25. The molecule has 6 nitrogen and oxygen atoms in total. The van der Waals surface area contributed by atoms with Gasteiger partial charge in [0.15, 0.2) is 5.82 Å². The molecule has 0 saturated heterocycles. The quantitative estimate of drug-likeness (QED) is 0.271. The van der Waals surface area contributed by atoms with E-state index in [2.05, 4.69) is 9.97 Å². The maximum atomic E-state index is 14.0. The first-order chi connectivity index (χ1) is 15.0. The van der Waals surface area contributed by atoms with Crippen LogP contribution in [0.3, 0.4) is 0 Å². The number of alkyl halides is 2. The number of aryl methyl sites for hydroxylation is 1. The molecule has 1 fully saturated rings. The lowest BCUT2D eigenvalue weighted by Gasteiger charge is -2.14. The van der Waals surface area contributed by atoms with Crippen molar-refractivity contribution in [1.82, 2.24) is 9.97 Å². The standard InChI is InChI=1S/C23H24FIN2O4/c1-29-17-10-7-15(8-11-17)13-30-22-19-16(9-6-14-4-2-3-5-14)12-18(28)31-23(19)27-21(26-22)20(24)25/h7-8,10-12,14,20H,2-6,9,13H2,1H3. The molecule has 0 spiro atoms. The van der Waals surface area contributed by atoms with Gasteiger partial charge in [-0.2, -0.15) is 9.97 Å². The maximum absolute atomic E-state index is 14.0. The Morgan fingerprint density at radius 1 is 1.23 bits per heavy atom. The number of hydrogen-bond donors (Lipinski definition) is 0. The second-order valence-corrected chi connectivity index (χ2v) is 8.88. The molecule has 8 heteroatoms. The minimum Gasteiger partial charge on any atom is -0.497 e. The van der Waals surface area contributed by atoms with E-state index < -0.39 is 9.80 Å². The van der Waals surface area contributed by atoms with Gasteiger partial charge in [0.2, 0.25) is 15.8 Å². The van der Waals surface area contributed by atoms with Crippen LogP contribution in [0.4, 0.5) is 4.39 Å². The van der Waals surface area contributed by atoms with Crippen molar-refractivity contribution in [3.8, 4) is 11.6 Å². The molecule has 1 aromatic carbocycles. The van der Waals surface area contributed by atoms with Gasteiger partial charge in [0.05, 0.1) is 7.11 Å². The van der Waals surface area contributed by atoms with Gasteiger partial charge in [-0.1, -0.05) is 37.8 Å². The fraction of sp³-hybridized carbons (Fsp3) is 0.435. The van der Waals surface area contributed by atoms with Crippen molar-refractivity contribution in [3.05, 3.63) is 57.7 Å². The van der Waals surface area contributed by atoms with Crippen molar-refractivity contribution >= 4 is 33.7 Å². The van der Waals surface area contributed by atoms with E-state index in [9.17, 15) is 9.18 Å². The first-order valence-corrected chi connectivity index (χ1v) is 11.7. The molecule has 0 radical (unpaired) electrons. The molecular formula is C23H24FIN2O4. The van der Waals surface area contributed by atoms with Gasteiger partial charge in [-0.25, -0.2) is 9.18 Å². The monoisotopic (exact) mass is 538 g/mol. The van der Waals surface area contributed by atoms with E-state index >= 15 is 0 Å². The van der Waals surface area contributed by atoms with Gasteiger partial charge in [-0.3, -0.25) is 0 Å². The molecule has 0 N–H and O–H groups in total. The van der Waals surface area contributed by atoms with Crippen molar-refractivity contribution in [2.75, 3.05) is 7.11 Å². The highest BCUT2D eigenvalue weighted by Crippen LogP contribution is 2.33. The van der Waals surface area contributed by atoms with Crippen molar-refractivity contribution in [2.24, 2.45) is 5.92 Å². The highest BCUT2D eigenvalue weighted by Gasteiger charge is 2.21. The molecule has 2 heterocycles. The van der Waals surface area contributed by atoms with Crippen LogP contribution in [0.25, 0.3) is 11.1 Å². The number of hydrogen-bond acceptors (Lipinski definition) is 6. The van der Waals surface area contributed by atoms with Gasteiger partial charge in [0.25, 0.3) is 0 Å². The molecule has 1 aliphatic carbocycles. The smallest absolute Gasteiger partial charge is 0.337 e. The van der Waals surface area contributed by atoms with E-state index in [1.54, 1.807) is 29.7 Å². The molecule has 3 aromatic rings. The van der Waals surface area contributed by atoms with E-state index in [0.29, 0.717) is 17.7 Å². The Morgan fingerprint density at radius 3 is 2.65 bits per heavy atom. The molecule has 1 atom stereocenters. The number of ether oxygens (including phenoxy) is 2. The summed E-state index contributed by atoms with van der Waals surface area (Å²) in [5, 5.41) is 0.548. The van der Waals surface area contributed by atoms with Gasteiger partial charge in [-0.15, -0.1) is 0 Å². The minimum absolute atomic E-state index is 0.0722. The van der Waals surface area contributed by atoms with Crippen LogP contribution in [0.5, 0.6) is 11.6 Å². The zero-order valence-electron chi connectivity index (χ0n) is 17.3. The average molecular weight is 538 g/mol. The van der Waals surface area contributed by atoms with Crippen molar-refractivity contribution in [3.63, 3.8) is 0 Å². The van der Waals surface area contributed by atoms with Gasteiger partial charge in [0.1, 0.15) is 17.7 Å². The van der Waals surface area contributed by atoms with Crippen LogP contribution in [0, 0.1) is 5.92 Å². The number of methoxy groups -OCH3 is 1. The Labute approximate surface area is 193 Å². The van der Waals surface area contributed by atoms with Crippen LogP contribution in [0.1, 0.15) is 53.2 Å². The summed E-state index contributed by atoms with van der Waals surface area (Å²) in [6, 6.07) is 8.95. The average Bonchev–Trinajstić information content (AvgIpc) is 3.29. The Kier molecular flexibility index (Phi) is 7.04. The van der Waals surface area contributed by atoms with Crippen molar-refractivity contribution in [1.29, 1.82) is 0 Å². The predicted octanol–water partition coefficient (Wildman–Crippen LogP) is 5.70. The summed E-state index contributed by atoms with van der Waals surface area (Å²) in [7, 11) is 1.61. The third-order valence-electron chi connectivity index (χ3n) is 5.70. The van der Waals surface area contributed by atoms with Gasteiger partial charge in [0, 0.05) is 6.07 Å². The molecule has 0 aliphatic heterocycles. The lowest BCUT2D eigenvalue weighted by molar-refractivity contribution is 0.293. The summed E-state index contributed by atoms with van der Waals surface area (Å²) in [4.78, 5) is 20.6. The molecule has 1 unspecified atom stereocenters. The Bertz CT molecular complexity index is 1100. The zero-order valence-corrected chi connectivity index (χ0v) is 19.4. The number of aromatic nitrogens is 2. The SMILES string of the molecule is COc1ccc(COc2nc(C(F)I)nc3oc(=O)cc(CCC4CCCC4)c23)cc1. The van der Waals surface area contributed by atoms with Crippen LogP contribution in [-0.4, -0.2) is 17.1 Å². The summed E-state index contributed by atoms with van der Waals surface area (Å²) < 4.78 is 29.1. The van der Waals surface area contributed by atoms with Crippen molar-refractivity contribution in [2.45, 2.75) is 49.3 Å². The molecule has 2 aromatic heterocycles. The van der Waals surface area contributed by atoms with E-state index in [0.717, 1.165) is 23.3 Å². The van der Waals surface area contributed by atoms with Gasteiger partial charge < -0.3 is 13.9 Å². The summed E-state index contributed by atoms with van der Waals surface area (Å²) in [5.41, 5.74) is 1.27. The first-order valence-electron chi connectivity index (χ1n) is 10.4. The Hall–Kier alpha value is -2.23. The number of fused-ring (bicyclic) bond motifs is 1. The fourth-order valence-electron chi connectivity index (χ4n) is 4.06. The maximum Gasteiger partial charge on any atom is 0.337 e. The lowest BCUT2D eigenvalue weighted by Crippen LogP contribution is -2.09. The second-order valence-electron chi connectivity index (χ2n) is 7.78. The van der Waals surface area contributed by atoms with Gasteiger partial charge in [-0.05, 0) is 64.6 Å². The third kappa shape index (κ3) is 5.34. The Morgan fingerprint density at radius 2 is 1.97 bits per heavy atom. The number of rotatable bonds is 8. The minimum atomic E-state index is -1.45. The van der Waals surface area contributed by atoms with Crippen LogP contribution < -0.4 is 15.1 Å². The second kappa shape index (κ2) is 9.93. The van der Waals surface area contributed by atoms with Crippen molar-refractivity contribution < 1.29 is 18.3 Å². The number of nitrogens with zero attached hydrogens (tertiary/aromatic N) is 2. The van der Waals surface area contributed by atoms with Crippen LogP contribution in [-0.2, 0) is 13.0 Å². The molecule has 4 rings (SSSR count). The van der Waals surface area contributed by atoms with Gasteiger partial charge >= 0.3 is 5.63 Å². The zero-order chi connectivity index (χ0) is 21.8. The first kappa shape index (κ1) is 22.0. The van der Waals surface area contributed by atoms with Crippen LogP contribution in [0.15, 0.2) is 39.5 Å². The van der Waals surface area contributed by atoms with E-state index in [-0.39, 0.29) is 24.0 Å². The molecule has 164 valence electrons. The van der Waals surface area contributed by atoms with E-state index in [4.69, 9.17) is 13.9 Å². The predicted molar refractivity (Wildman–Crippen MR) is 124 cm³/mol. The van der Waals surface area contributed by atoms with Crippen LogP contribution >= 0.6 is 22.6 Å². The largest absolute Gasteiger partial charge is 0.497 e. The Balaban J connectivity index is 1.68. The number of halogens is 2. The normalized spacial score (nSPS) is 15.3. The highest BCUT2D eigenvalue weighted by atomic mass is 127. The highest BCUT2D eigenvalue weighted by molar-refractivity contribution is 14.1. The number of benzene rings is 1. The molecule has 0 amide bonds. The molecule has 31 heavy (non-hydrogen) atoms. The van der Waals surface area contributed by atoms with Crippen LogP contribution in [0.2, 0.25) is 0 Å². The fourth-order valence-corrected chi connectivity index (χ4v) is 4.33. The molecule has 1 aliphatic rings. The molecular weight excluding hydrogens is 514 g/mol. The summed E-state index contributed by atoms with van der Waals surface area (Å²) in [6.45, 7) is 0.231.